The molecule has 0 amide bonds. The Labute approximate surface area is 122 Å². The smallest absolute Gasteiger partial charge is 0.0534 e. The quantitative estimate of drug-likeness (QED) is 0.918. The molecule has 0 aliphatic rings. The molecule has 1 aromatic heterocycles. The lowest BCUT2D eigenvalue weighted by atomic mass is 10.1. The van der Waals surface area contributed by atoms with Crippen molar-refractivity contribution >= 4 is 15.9 Å². The van der Waals surface area contributed by atoms with E-state index in [-0.39, 0.29) is 6.04 Å². The third-order valence-corrected chi connectivity index (χ3v) is 3.93. The van der Waals surface area contributed by atoms with Crippen LogP contribution in [0, 0.1) is 0 Å². The summed E-state index contributed by atoms with van der Waals surface area (Å²) < 4.78 is 2.92. The molecule has 4 nitrogen and oxygen atoms in total. The highest BCUT2D eigenvalue weighted by Gasteiger charge is 2.18. The van der Waals surface area contributed by atoms with Crippen molar-refractivity contribution in [2.75, 3.05) is 13.6 Å². The molecular formula is C14H19BrN4. The van der Waals surface area contributed by atoms with Crippen LogP contribution in [0.5, 0.6) is 0 Å². The van der Waals surface area contributed by atoms with Gasteiger partial charge >= 0.3 is 0 Å². The van der Waals surface area contributed by atoms with Crippen molar-refractivity contribution in [3.8, 4) is 0 Å². The summed E-state index contributed by atoms with van der Waals surface area (Å²) in [7, 11) is 4.02. The molecular weight excluding hydrogens is 304 g/mol. The highest BCUT2D eigenvalue weighted by atomic mass is 79.9. The van der Waals surface area contributed by atoms with Crippen LogP contribution >= 0.6 is 15.9 Å². The van der Waals surface area contributed by atoms with E-state index in [9.17, 15) is 0 Å². The van der Waals surface area contributed by atoms with Crippen molar-refractivity contribution in [1.29, 1.82) is 0 Å². The first-order valence-electron chi connectivity index (χ1n) is 6.24. The second-order valence-corrected chi connectivity index (χ2v) is 5.56. The van der Waals surface area contributed by atoms with Crippen molar-refractivity contribution in [1.82, 2.24) is 14.7 Å². The largest absolute Gasteiger partial charge is 0.329 e. The van der Waals surface area contributed by atoms with Gasteiger partial charge in [0, 0.05) is 42.4 Å². The summed E-state index contributed by atoms with van der Waals surface area (Å²) in [5.41, 5.74) is 8.36. The molecule has 0 spiro atoms. The molecule has 0 bridgehead atoms. The van der Waals surface area contributed by atoms with Crippen molar-refractivity contribution in [2.24, 2.45) is 12.8 Å². The summed E-state index contributed by atoms with van der Waals surface area (Å²) in [5.74, 6) is 0. The molecule has 0 radical (unpaired) electrons. The van der Waals surface area contributed by atoms with Crippen molar-refractivity contribution in [2.45, 2.75) is 12.6 Å². The average Bonchev–Trinajstić information content (AvgIpc) is 2.78. The molecule has 0 aliphatic heterocycles. The number of aromatic nitrogens is 2. The lowest BCUT2D eigenvalue weighted by Gasteiger charge is -2.27. The standard InChI is InChI=1S/C14H19BrN4/c1-18(9-11-8-17-19(2)10-11)14(7-16)12-5-3-4-6-13(12)15/h3-6,8,10,14H,7,9,16H2,1-2H3. The Kier molecular flexibility index (Phi) is 4.74. The Morgan fingerprint density at radius 2 is 2.16 bits per heavy atom. The maximum absolute atomic E-state index is 5.95. The summed E-state index contributed by atoms with van der Waals surface area (Å²) in [6.07, 6.45) is 3.92. The van der Waals surface area contributed by atoms with E-state index in [0.29, 0.717) is 6.54 Å². The second-order valence-electron chi connectivity index (χ2n) is 4.71. The molecule has 1 aromatic carbocycles. The molecule has 1 heterocycles. The van der Waals surface area contributed by atoms with Gasteiger partial charge in [-0.05, 0) is 18.7 Å². The van der Waals surface area contributed by atoms with Crippen LogP contribution in [0.2, 0.25) is 0 Å². The fraction of sp³-hybridized carbons (Fsp3) is 0.357. The van der Waals surface area contributed by atoms with E-state index < -0.39 is 0 Å². The topological polar surface area (TPSA) is 47.1 Å². The Bertz CT molecular complexity index is 538. The Morgan fingerprint density at radius 3 is 2.74 bits per heavy atom. The summed E-state index contributed by atoms with van der Waals surface area (Å²) >= 11 is 3.60. The van der Waals surface area contributed by atoms with E-state index in [4.69, 9.17) is 5.73 Å². The normalized spacial score (nSPS) is 12.9. The van der Waals surface area contributed by atoms with Crippen LogP contribution in [0.1, 0.15) is 17.2 Å². The van der Waals surface area contributed by atoms with Crippen LogP contribution in [0.25, 0.3) is 0 Å². The van der Waals surface area contributed by atoms with Crippen molar-refractivity contribution < 1.29 is 0 Å². The summed E-state index contributed by atoms with van der Waals surface area (Å²) in [6, 6.07) is 8.41. The summed E-state index contributed by atoms with van der Waals surface area (Å²) in [6.45, 7) is 1.41. The lowest BCUT2D eigenvalue weighted by molar-refractivity contribution is 0.241. The van der Waals surface area contributed by atoms with Gasteiger partial charge in [0.2, 0.25) is 0 Å². The average molecular weight is 323 g/mol. The van der Waals surface area contributed by atoms with Gasteiger partial charge in [-0.3, -0.25) is 9.58 Å². The molecule has 0 saturated carbocycles. The van der Waals surface area contributed by atoms with Gasteiger partial charge in [0.25, 0.3) is 0 Å². The summed E-state index contributed by atoms with van der Waals surface area (Å²) in [5, 5.41) is 4.19. The minimum Gasteiger partial charge on any atom is -0.329 e. The van der Waals surface area contributed by atoms with E-state index >= 15 is 0 Å². The fourth-order valence-electron chi connectivity index (χ4n) is 2.24. The number of halogens is 1. The number of rotatable bonds is 5. The van der Waals surface area contributed by atoms with Gasteiger partial charge in [-0.15, -0.1) is 0 Å². The molecule has 0 aliphatic carbocycles. The third kappa shape index (κ3) is 3.43. The first kappa shape index (κ1) is 14.2. The van der Waals surface area contributed by atoms with Gasteiger partial charge in [0.05, 0.1) is 6.20 Å². The highest BCUT2D eigenvalue weighted by molar-refractivity contribution is 9.10. The maximum Gasteiger partial charge on any atom is 0.0534 e. The second kappa shape index (κ2) is 6.32. The van der Waals surface area contributed by atoms with Crippen LogP contribution in [0.4, 0.5) is 0 Å². The molecule has 2 rings (SSSR count). The first-order valence-corrected chi connectivity index (χ1v) is 7.03. The van der Waals surface area contributed by atoms with E-state index in [1.807, 2.05) is 36.3 Å². The number of nitrogens with two attached hydrogens (primary N) is 1. The van der Waals surface area contributed by atoms with Crippen LogP contribution in [0.3, 0.4) is 0 Å². The Morgan fingerprint density at radius 1 is 1.42 bits per heavy atom. The summed E-state index contributed by atoms with van der Waals surface area (Å²) in [4.78, 5) is 2.25. The molecule has 1 atom stereocenters. The number of hydrogen-bond acceptors (Lipinski definition) is 3. The third-order valence-electron chi connectivity index (χ3n) is 3.21. The molecule has 0 fully saturated rings. The van der Waals surface area contributed by atoms with E-state index in [1.54, 1.807) is 0 Å². The predicted octanol–water partition coefficient (Wildman–Crippen LogP) is 2.31. The van der Waals surface area contributed by atoms with Gasteiger partial charge in [0.1, 0.15) is 0 Å². The van der Waals surface area contributed by atoms with Crippen LogP contribution in [-0.4, -0.2) is 28.3 Å². The predicted molar refractivity (Wildman–Crippen MR) is 80.6 cm³/mol. The number of likely N-dealkylation sites (N-methyl/N-ethyl adjacent to an activating group) is 1. The SMILES string of the molecule is CN(Cc1cnn(C)c1)C(CN)c1ccccc1Br. The number of aryl methyl sites for hydroxylation is 1. The van der Waals surface area contributed by atoms with Gasteiger partial charge in [-0.2, -0.15) is 5.10 Å². The van der Waals surface area contributed by atoms with E-state index in [0.717, 1.165) is 11.0 Å². The first-order chi connectivity index (χ1) is 9.11. The molecule has 5 heteroatoms. The van der Waals surface area contributed by atoms with Gasteiger partial charge in [0.15, 0.2) is 0 Å². The van der Waals surface area contributed by atoms with Crippen molar-refractivity contribution in [3.05, 3.63) is 52.3 Å². The van der Waals surface area contributed by atoms with Crippen molar-refractivity contribution in [3.63, 3.8) is 0 Å². The molecule has 2 aromatic rings. The fourth-order valence-corrected chi connectivity index (χ4v) is 2.79. The number of benzene rings is 1. The van der Waals surface area contributed by atoms with E-state index in [2.05, 4.69) is 45.1 Å². The number of hydrogen-bond donors (Lipinski definition) is 1. The maximum atomic E-state index is 5.95. The molecule has 1 unspecified atom stereocenters. The van der Waals surface area contributed by atoms with Crippen LogP contribution in [-0.2, 0) is 13.6 Å². The van der Waals surface area contributed by atoms with Crippen LogP contribution in [0.15, 0.2) is 41.1 Å². The van der Waals surface area contributed by atoms with Crippen LogP contribution < -0.4 is 5.73 Å². The van der Waals surface area contributed by atoms with Gasteiger partial charge in [-0.1, -0.05) is 34.1 Å². The highest BCUT2D eigenvalue weighted by Crippen LogP contribution is 2.27. The minimum atomic E-state index is 0.191. The van der Waals surface area contributed by atoms with Gasteiger partial charge < -0.3 is 5.73 Å². The molecule has 0 saturated heterocycles. The lowest BCUT2D eigenvalue weighted by Crippen LogP contribution is -2.30. The zero-order valence-corrected chi connectivity index (χ0v) is 12.8. The Balaban J connectivity index is 2.15. The molecule has 19 heavy (non-hydrogen) atoms. The minimum absolute atomic E-state index is 0.191. The zero-order chi connectivity index (χ0) is 13.8. The van der Waals surface area contributed by atoms with Gasteiger partial charge in [-0.25, -0.2) is 0 Å². The number of nitrogens with zero attached hydrogens (tertiary/aromatic N) is 3. The van der Waals surface area contributed by atoms with E-state index in [1.165, 1.54) is 11.1 Å². The zero-order valence-electron chi connectivity index (χ0n) is 11.3. The molecule has 102 valence electrons. The molecule has 2 N–H and O–H groups in total. The Hall–Kier alpha value is -1.17. The monoisotopic (exact) mass is 322 g/mol.